The minimum absolute atomic E-state index is 0.0167. The molecule has 0 aromatic carbocycles. The third-order valence-electron chi connectivity index (χ3n) is 5.63. The maximum Gasteiger partial charge on any atom is 0.266 e. The number of aryl methyl sites for hydroxylation is 1. The summed E-state index contributed by atoms with van der Waals surface area (Å²) in [7, 11) is 1.87. The molecule has 1 amide bonds. The molecule has 5 rings (SSSR count). The molecule has 0 N–H and O–H groups in total. The summed E-state index contributed by atoms with van der Waals surface area (Å²) < 4.78 is 18.3. The lowest BCUT2D eigenvalue weighted by Gasteiger charge is -2.34. The van der Waals surface area contributed by atoms with Crippen molar-refractivity contribution < 1.29 is 18.0 Å². The van der Waals surface area contributed by atoms with Crippen molar-refractivity contribution in [3.8, 4) is 29.1 Å². The standard InChI is InChI=1S/C22H21N7O4S/c1-14-15(5-11-31-14)19-25-26-22(27(19)2)34-13-18(30)28-6-8-29(9-7-28)21-16(12-23)24-20(33-21)17-4-3-10-32-17/h3-5,10-11H,6-9,13H2,1-2H3. The number of piperazine rings is 1. The van der Waals surface area contributed by atoms with Gasteiger partial charge in [-0.15, -0.1) is 10.2 Å². The molecule has 1 fully saturated rings. The molecule has 0 bridgehead atoms. The molecule has 1 aliphatic heterocycles. The molecule has 0 atom stereocenters. The van der Waals surface area contributed by atoms with Gasteiger partial charge in [0, 0.05) is 33.2 Å². The second-order valence-corrected chi connectivity index (χ2v) is 8.62. The van der Waals surface area contributed by atoms with E-state index in [2.05, 4.69) is 21.3 Å². The molecule has 0 aliphatic carbocycles. The molecule has 0 radical (unpaired) electrons. The molecular weight excluding hydrogens is 458 g/mol. The van der Waals surface area contributed by atoms with Gasteiger partial charge in [0.25, 0.3) is 5.89 Å². The van der Waals surface area contributed by atoms with E-state index in [1.807, 2.05) is 29.5 Å². The molecule has 1 saturated heterocycles. The average Bonchev–Trinajstić information content (AvgIpc) is 3.65. The van der Waals surface area contributed by atoms with Gasteiger partial charge in [0.1, 0.15) is 11.8 Å². The summed E-state index contributed by atoms with van der Waals surface area (Å²) in [5.41, 5.74) is 1.08. The number of rotatable bonds is 6. The number of amides is 1. The third-order valence-corrected chi connectivity index (χ3v) is 6.63. The highest BCUT2D eigenvalue weighted by molar-refractivity contribution is 7.99. The Morgan fingerprint density at radius 2 is 2.00 bits per heavy atom. The number of hydrogen-bond donors (Lipinski definition) is 0. The first-order valence-corrected chi connectivity index (χ1v) is 11.6. The monoisotopic (exact) mass is 479 g/mol. The fourth-order valence-electron chi connectivity index (χ4n) is 3.77. The van der Waals surface area contributed by atoms with Crippen molar-refractivity contribution in [2.24, 2.45) is 7.05 Å². The number of nitrogens with zero attached hydrogens (tertiary/aromatic N) is 7. The molecule has 1 aliphatic rings. The molecule has 4 aromatic heterocycles. The Hall–Kier alpha value is -3.98. The number of oxazole rings is 1. The summed E-state index contributed by atoms with van der Waals surface area (Å²) in [6.07, 6.45) is 3.14. The Bertz CT molecular complexity index is 1340. The minimum atomic E-state index is 0.0167. The van der Waals surface area contributed by atoms with Crippen LogP contribution in [0.5, 0.6) is 0 Å². The molecule has 4 aromatic rings. The van der Waals surface area contributed by atoms with E-state index in [9.17, 15) is 10.1 Å². The lowest BCUT2D eigenvalue weighted by Crippen LogP contribution is -2.49. The van der Waals surface area contributed by atoms with Crippen molar-refractivity contribution in [1.82, 2.24) is 24.6 Å². The predicted octanol–water partition coefficient (Wildman–Crippen LogP) is 2.94. The summed E-state index contributed by atoms with van der Waals surface area (Å²) in [5, 5.41) is 18.6. The van der Waals surface area contributed by atoms with Crippen LogP contribution in [0.2, 0.25) is 0 Å². The quantitative estimate of drug-likeness (QED) is 0.380. The van der Waals surface area contributed by atoms with E-state index in [-0.39, 0.29) is 23.2 Å². The van der Waals surface area contributed by atoms with E-state index in [1.165, 1.54) is 18.0 Å². The van der Waals surface area contributed by atoms with Crippen molar-refractivity contribution in [2.75, 3.05) is 36.8 Å². The third kappa shape index (κ3) is 4.06. The minimum Gasteiger partial charge on any atom is -0.469 e. The Morgan fingerprint density at radius 1 is 1.18 bits per heavy atom. The fraction of sp³-hybridized carbons (Fsp3) is 0.318. The molecule has 5 heterocycles. The molecule has 12 heteroatoms. The number of aromatic nitrogens is 4. The first-order valence-electron chi connectivity index (χ1n) is 10.6. The van der Waals surface area contributed by atoms with Gasteiger partial charge in [-0.05, 0) is 25.1 Å². The van der Waals surface area contributed by atoms with Crippen molar-refractivity contribution in [2.45, 2.75) is 12.1 Å². The van der Waals surface area contributed by atoms with Crippen LogP contribution in [0.15, 0.2) is 49.1 Å². The Labute approximate surface area is 199 Å². The zero-order valence-corrected chi connectivity index (χ0v) is 19.4. The zero-order valence-electron chi connectivity index (χ0n) is 18.6. The van der Waals surface area contributed by atoms with Crippen LogP contribution in [0.25, 0.3) is 23.0 Å². The van der Waals surface area contributed by atoms with E-state index >= 15 is 0 Å². The van der Waals surface area contributed by atoms with Gasteiger partial charge >= 0.3 is 0 Å². The Morgan fingerprint density at radius 3 is 2.68 bits per heavy atom. The first kappa shape index (κ1) is 21.8. The second-order valence-electron chi connectivity index (χ2n) is 7.67. The predicted molar refractivity (Wildman–Crippen MR) is 122 cm³/mol. The second kappa shape index (κ2) is 9.11. The molecule has 174 valence electrons. The summed E-state index contributed by atoms with van der Waals surface area (Å²) in [4.78, 5) is 20.8. The average molecular weight is 480 g/mol. The summed E-state index contributed by atoms with van der Waals surface area (Å²) in [6.45, 7) is 3.96. The van der Waals surface area contributed by atoms with Crippen LogP contribution in [0.4, 0.5) is 5.88 Å². The van der Waals surface area contributed by atoms with E-state index in [0.717, 1.165) is 11.3 Å². The number of thioether (sulfide) groups is 1. The Balaban J connectivity index is 1.19. The van der Waals surface area contributed by atoms with Crippen LogP contribution in [-0.4, -0.2) is 62.5 Å². The van der Waals surface area contributed by atoms with E-state index in [0.29, 0.717) is 48.8 Å². The van der Waals surface area contributed by atoms with Gasteiger partial charge in [-0.25, -0.2) is 0 Å². The van der Waals surface area contributed by atoms with Crippen LogP contribution < -0.4 is 4.90 Å². The molecular formula is C22H21N7O4S. The van der Waals surface area contributed by atoms with Crippen LogP contribution in [0.3, 0.4) is 0 Å². The van der Waals surface area contributed by atoms with E-state index in [4.69, 9.17) is 13.3 Å². The van der Waals surface area contributed by atoms with Crippen LogP contribution in [-0.2, 0) is 11.8 Å². The van der Waals surface area contributed by atoms with Gasteiger partial charge in [-0.1, -0.05) is 11.8 Å². The van der Waals surface area contributed by atoms with Crippen molar-refractivity contribution in [3.63, 3.8) is 0 Å². The van der Waals surface area contributed by atoms with Gasteiger partial charge in [-0.2, -0.15) is 10.2 Å². The highest BCUT2D eigenvalue weighted by Gasteiger charge is 2.27. The normalized spacial score (nSPS) is 13.9. The maximum absolute atomic E-state index is 12.8. The SMILES string of the molecule is Cc1occc1-c1nnc(SCC(=O)N2CCN(c3oc(-c4ccco4)nc3C#N)CC2)n1C. The van der Waals surface area contributed by atoms with Crippen LogP contribution in [0, 0.1) is 18.3 Å². The van der Waals surface area contributed by atoms with Gasteiger partial charge in [0.2, 0.25) is 17.5 Å². The van der Waals surface area contributed by atoms with Gasteiger partial charge < -0.3 is 27.6 Å². The highest BCUT2D eigenvalue weighted by atomic mass is 32.2. The van der Waals surface area contributed by atoms with Gasteiger partial charge in [0.05, 0.1) is 23.8 Å². The fourth-order valence-corrected chi connectivity index (χ4v) is 4.59. The molecule has 34 heavy (non-hydrogen) atoms. The summed E-state index contributed by atoms with van der Waals surface area (Å²) >= 11 is 1.35. The largest absolute Gasteiger partial charge is 0.469 e. The number of carbonyl (C=O) groups is 1. The van der Waals surface area contributed by atoms with Crippen LogP contribution >= 0.6 is 11.8 Å². The maximum atomic E-state index is 12.8. The lowest BCUT2D eigenvalue weighted by molar-refractivity contribution is -0.128. The first-order chi connectivity index (χ1) is 16.5. The molecule has 11 nitrogen and oxygen atoms in total. The zero-order chi connectivity index (χ0) is 23.7. The smallest absolute Gasteiger partial charge is 0.266 e. The summed E-state index contributed by atoms with van der Waals surface area (Å²) in [5.74, 6) is 2.86. The number of anilines is 1. The highest BCUT2D eigenvalue weighted by Crippen LogP contribution is 2.29. The topological polar surface area (TPSA) is 130 Å². The van der Waals surface area contributed by atoms with E-state index < -0.39 is 0 Å². The van der Waals surface area contributed by atoms with Gasteiger partial charge in [0.15, 0.2) is 16.7 Å². The van der Waals surface area contributed by atoms with Crippen LogP contribution in [0.1, 0.15) is 11.5 Å². The number of furan rings is 2. The Kier molecular flexibility index (Phi) is 5.85. The number of nitriles is 1. The summed E-state index contributed by atoms with van der Waals surface area (Å²) in [6, 6.07) is 7.38. The number of carbonyl (C=O) groups excluding carboxylic acids is 1. The molecule has 0 unspecified atom stereocenters. The van der Waals surface area contributed by atoms with Crippen molar-refractivity contribution >= 4 is 23.6 Å². The molecule has 0 saturated carbocycles. The lowest BCUT2D eigenvalue weighted by atomic mass is 10.2. The van der Waals surface area contributed by atoms with E-state index in [1.54, 1.807) is 23.3 Å². The van der Waals surface area contributed by atoms with Crippen molar-refractivity contribution in [1.29, 1.82) is 5.26 Å². The molecule has 0 spiro atoms. The van der Waals surface area contributed by atoms with Gasteiger partial charge in [-0.3, -0.25) is 4.79 Å². The van der Waals surface area contributed by atoms with Crippen molar-refractivity contribution in [3.05, 3.63) is 42.2 Å². The number of hydrogen-bond acceptors (Lipinski definition) is 10.